The van der Waals surface area contributed by atoms with Crippen LogP contribution in [0.1, 0.15) is 23.2 Å². The number of anilines is 1. The number of rotatable bonds is 5. The predicted octanol–water partition coefficient (Wildman–Crippen LogP) is 4.74. The number of halogens is 5. The number of alkyl halides is 5. The van der Waals surface area contributed by atoms with Crippen molar-refractivity contribution in [2.45, 2.75) is 26.1 Å². The molecule has 0 unspecified atom stereocenters. The van der Waals surface area contributed by atoms with Gasteiger partial charge in [0, 0.05) is 30.1 Å². The molecule has 0 fully saturated rings. The average Bonchev–Trinajstić information content (AvgIpc) is 3.30. The van der Waals surface area contributed by atoms with E-state index in [9.17, 15) is 26.7 Å². The number of nitrogens with one attached hydrogen (secondary N) is 1. The van der Waals surface area contributed by atoms with Gasteiger partial charge < -0.3 is 5.32 Å². The molecule has 0 bridgehead atoms. The van der Waals surface area contributed by atoms with Crippen LogP contribution >= 0.6 is 0 Å². The maximum Gasteiger partial charge on any atom is 0.416 e. The van der Waals surface area contributed by atoms with Crippen molar-refractivity contribution in [3.8, 4) is 11.3 Å². The highest BCUT2D eigenvalue weighted by Crippen LogP contribution is 2.33. The SMILES string of the molecule is Cc1nn(CC(=O)Nc2cccc(C(F)(F)F)c2)c2nc(-c3cnn(C)c3)cc(C(F)F)c12. The summed E-state index contributed by atoms with van der Waals surface area (Å²) in [6, 6.07) is 5.43. The van der Waals surface area contributed by atoms with Crippen molar-refractivity contribution in [2.75, 3.05) is 5.32 Å². The lowest BCUT2D eigenvalue weighted by Gasteiger charge is -2.10. The van der Waals surface area contributed by atoms with Gasteiger partial charge in [-0.2, -0.15) is 23.4 Å². The number of nitrogens with zero attached hydrogens (tertiary/aromatic N) is 5. The van der Waals surface area contributed by atoms with E-state index in [0.29, 0.717) is 5.56 Å². The number of pyridine rings is 1. The molecule has 0 spiro atoms. The minimum Gasteiger partial charge on any atom is -0.324 e. The molecule has 0 saturated carbocycles. The maximum absolute atomic E-state index is 13.8. The first kappa shape index (κ1) is 22.4. The molecule has 7 nitrogen and oxygen atoms in total. The van der Waals surface area contributed by atoms with Crippen molar-refractivity contribution >= 4 is 22.6 Å². The summed E-state index contributed by atoms with van der Waals surface area (Å²) in [5, 5.41) is 10.7. The number of amides is 1. The minimum absolute atomic E-state index is 0.0553. The van der Waals surface area contributed by atoms with Crippen molar-refractivity contribution in [1.29, 1.82) is 0 Å². The highest BCUT2D eigenvalue weighted by Gasteiger charge is 2.30. The molecule has 0 aliphatic rings. The van der Waals surface area contributed by atoms with E-state index in [1.807, 2.05) is 0 Å². The number of carbonyl (C=O) groups is 1. The standard InChI is InChI=1S/C21H17F5N6O/c1-11-18-15(19(22)23)7-16(12-8-27-31(2)9-12)29-20(18)32(30-11)10-17(33)28-14-5-3-4-13(6-14)21(24,25)26/h3-9,19H,10H2,1-2H3,(H,28,33). The summed E-state index contributed by atoms with van der Waals surface area (Å²) < 4.78 is 69.0. The van der Waals surface area contributed by atoms with E-state index in [0.717, 1.165) is 16.8 Å². The van der Waals surface area contributed by atoms with Crippen LogP contribution in [0.2, 0.25) is 0 Å². The van der Waals surface area contributed by atoms with Crippen molar-refractivity contribution in [1.82, 2.24) is 24.5 Å². The van der Waals surface area contributed by atoms with E-state index >= 15 is 0 Å². The van der Waals surface area contributed by atoms with Gasteiger partial charge in [0.25, 0.3) is 6.43 Å². The Morgan fingerprint density at radius 2 is 1.97 bits per heavy atom. The summed E-state index contributed by atoms with van der Waals surface area (Å²) in [6.07, 6.45) is -4.30. The van der Waals surface area contributed by atoms with Crippen LogP contribution in [-0.4, -0.2) is 30.5 Å². The van der Waals surface area contributed by atoms with E-state index in [1.165, 1.54) is 36.0 Å². The molecule has 3 heterocycles. The zero-order valence-corrected chi connectivity index (χ0v) is 17.4. The number of benzene rings is 1. The molecular weight excluding hydrogens is 447 g/mol. The first-order valence-corrected chi connectivity index (χ1v) is 9.65. The minimum atomic E-state index is -4.56. The van der Waals surface area contributed by atoms with E-state index < -0.39 is 30.6 Å². The average molecular weight is 464 g/mol. The van der Waals surface area contributed by atoms with Crippen LogP contribution in [0, 0.1) is 6.92 Å². The lowest BCUT2D eigenvalue weighted by Crippen LogP contribution is -2.20. The molecule has 1 amide bonds. The highest BCUT2D eigenvalue weighted by atomic mass is 19.4. The Bertz CT molecular complexity index is 1340. The Hall–Kier alpha value is -3.83. The molecule has 0 aliphatic carbocycles. The Morgan fingerprint density at radius 3 is 2.61 bits per heavy atom. The largest absolute Gasteiger partial charge is 0.416 e. The first-order valence-electron chi connectivity index (χ1n) is 9.65. The number of carbonyl (C=O) groups excluding carboxylic acids is 1. The van der Waals surface area contributed by atoms with Crippen LogP contribution in [0.15, 0.2) is 42.7 Å². The molecule has 12 heteroatoms. The Balaban J connectivity index is 1.69. The molecule has 172 valence electrons. The second kappa shape index (κ2) is 8.26. The van der Waals surface area contributed by atoms with Gasteiger partial charge in [-0.25, -0.2) is 18.4 Å². The molecule has 1 N–H and O–H groups in total. The van der Waals surface area contributed by atoms with Crippen molar-refractivity contribution < 1.29 is 26.7 Å². The number of aryl methyl sites for hydroxylation is 2. The smallest absolute Gasteiger partial charge is 0.324 e. The quantitative estimate of drug-likeness (QED) is 0.433. The fraction of sp³-hybridized carbons (Fsp3) is 0.238. The summed E-state index contributed by atoms with van der Waals surface area (Å²) in [4.78, 5) is 16.9. The van der Waals surface area contributed by atoms with Crippen molar-refractivity contribution in [3.63, 3.8) is 0 Å². The van der Waals surface area contributed by atoms with Gasteiger partial charge in [0.2, 0.25) is 5.91 Å². The van der Waals surface area contributed by atoms with Crippen LogP contribution < -0.4 is 5.32 Å². The normalized spacial score (nSPS) is 12.0. The van der Waals surface area contributed by atoms with Gasteiger partial charge >= 0.3 is 6.18 Å². The molecule has 0 atom stereocenters. The van der Waals surface area contributed by atoms with Gasteiger partial charge in [0.1, 0.15) is 6.54 Å². The Morgan fingerprint density at radius 1 is 1.21 bits per heavy atom. The molecule has 0 radical (unpaired) electrons. The van der Waals surface area contributed by atoms with Crippen LogP contribution in [0.4, 0.5) is 27.6 Å². The van der Waals surface area contributed by atoms with Crippen LogP contribution in [-0.2, 0) is 24.6 Å². The van der Waals surface area contributed by atoms with E-state index in [-0.39, 0.29) is 33.7 Å². The fourth-order valence-electron chi connectivity index (χ4n) is 3.48. The zero-order chi connectivity index (χ0) is 23.9. The van der Waals surface area contributed by atoms with Gasteiger partial charge in [-0.1, -0.05) is 6.07 Å². The number of hydrogen-bond donors (Lipinski definition) is 1. The molecule has 3 aromatic heterocycles. The van der Waals surface area contributed by atoms with Crippen LogP contribution in [0.3, 0.4) is 0 Å². The number of hydrogen-bond acceptors (Lipinski definition) is 4. The van der Waals surface area contributed by atoms with E-state index in [4.69, 9.17) is 0 Å². The van der Waals surface area contributed by atoms with Gasteiger partial charge in [0.15, 0.2) is 5.65 Å². The third-order valence-corrected chi connectivity index (χ3v) is 4.91. The van der Waals surface area contributed by atoms with Gasteiger partial charge in [-0.05, 0) is 31.2 Å². The topological polar surface area (TPSA) is 77.6 Å². The number of fused-ring (bicyclic) bond motifs is 1. The van der Waals surface area contributed by atoms with E-state index in [1.54, 1.807) is 13.2 Å². The van der Waals surface area contributed by atoms with Crippen molar-refractivity contribution in [3.05, 3.63) is 59.5 Å². The van der Waals surface area contributed by atoms with Gasteiger partial charge in [0.05, 0.1) is 28.5 Å². The molecule has 1 aromatic carbocycles. The predicted molar refractivity (Wildman–Crippen MR) is 109 cm³/mol. The van der Waals surface area contributed by atoms with E-state index in [2.05, 4.69) is 20.5 Å². The molecule has 4 aromatic rings. The molecule has 0 aliphatic heterocycles. The zero-order valence-electron chi connectivity index (χ0n) is 17.4. The fourth-order valence-corrected chi connectivity index (χ4v) is 3.48. The van der Waals surface area contributed by atoms with Crippen LogP contribution in [0.25, 0.3) is 22.3 Å². The van der Waals surface area contributed by atoms with Crippen LogP contribution in [0.5, 0.6) is 0 Å². The monoisotopic (exact) mass is 464 g/mol. The van der Waals surface area contributed by atoms with Crippen molar-refractivity contribution in [2.24, 2.45) is 7.05 Å². The molecule has 0 saturated heterocycles. The summed E-state index contributed by atoms with van der Waals surface area (Å²) in [7, 11) is 1.67. The van der Waals surface area contributed by atoms with Gasteiger partial charge in [-0.15, -0.1) is 0 Å². The second-order valence-corrected chi connectivity index (χ2v) is 7.37. The lowest BCUT2D eigenvalue weighted by molar-refractivity contribution is -0.137. The second-order valence-electron chi connectivity index (χ2n) is 7.37. The third-order valence-electron chi connectivity index (χ3n) is 4.91. The molecule has 33 heavy (non-hydrogen) atoms. The molecular formula is C21H17F5N6O. The summed E-state index contributed by atoms with van der Waals surface area (Å²) >= 11 is 0. The highest BCUT2D eigenvalue weighted by molar-refractivity contribution is 5.92. The Kier molecular flexibility index (Phi) is 5.60. The maximum atomic E-state index is 13.8. The lowest BCUT2D eigenvalue weighted by atomic mass is 10.1. The summed E-state index contributed by atoms with van der Waals surface area (Å²) in [5.74, 6) is -0.689. The Labute approximate surface area is 183 Å². The summed E-state index contributed by atoms with van der Waals surface area (Å²) in [5.41, 5.74) is -0.225. The third kappa shape index (κ3) is 4.54. The molecule has 4 rings (SSSR count). The number of aromatic nitrogens is 5. The van der Waals surface area contributed by atoms with Gasteiger partial charge in [-0.3, -0.25) is 9.48 Å². The first-order chi connectivity index (χ1) is 15.5. The summed E-state index contributed by atoms with van der Waals surface area (Å²) in [6.45, 7) is 1.08.